The minimum atomic E-state index is -2.24. The number of aliphatic imine (C=N–C) groups is 1. The van der Waals surface area contributed by atoms with Gasteiger partial charge >= 0.3 is 0 Å². The highest BCUT2D eigenvalue weighted by molar-refractivity contribution is 5.81. The molecule has 2 aromatic carbocycles. The van der Waals surface area contributed by atoms with Crippen molar-refractivity contribution in [3.05, 3.63) is 77.0 Å². The second-order valence-electron chi connectivity index (χ2n) is 5.01. The van der Waals surface area contributed by atoms with Crippen molar-refractivity contribution < 1.29 is 26.3 Å². The fourth-order valence-corrected chi connectivity index (χ4v) is 2.13. The second-order valence-corrected chi connectivity index (χ2v) is 5.01. The van der Waals surface area contributed by atoms with Crippen LogP contribution in [-0.2, 0) is 0 Å². The number of halogens is 6. The van der Waals surface area contributed by atoms with E-state index < -0.39 is 40.6 Å². The van der Waals surface area contributed by atoms with Gasteiger partial charge in [-0.05, 0) is 42.0 Å². The summed E-state index contributed by atoms with van der Waals surface area (Å²) in [6.07, 6.45) is 0.922. The number of benzene rings is 2. The molecule has 1 N–H and O–H groups in total. The van der Waals surface area contributed by atoms with E-state index in [1.54, 1.807) is 6.07 Å². The van der Waals surface area contributed by atoms with E-state index >= 15 is 0 Å². The van der Waals surface area contributed by atoms with Crippen LogP contribution in [-0.4, -0.2) is 11.2 Å². The molecule has 1 aromatic heterocycles. The van der Waals surface area contributed by atoms with Crippen LogP contribution in [0.25, 0.3) is 11.3 Å². The highest BCUT2D eigenvalue weighted by Crippen LogP contribution is 2.29. The average Bonchev–Trinajstić information content (AvgIpc) is 3.08. The first-order chi connectivity index (χ1) is 11.9. The molecule has 0 radical (unpaired) electrons. The van der Waals surface area contributed by atoms with Gasteiger partial charge in [-0.2, -0.15) is 0 Å². The Balaban J connectivity index is 1.93. The molecule has 3 aromatic rings. The van der Waals surface area contributed by atoms with Gasteiger partial charge in [0.15, 0.2) is 23.3 Å². The normalized spacial score (nSPS) is 11.4. The van der Waals surface area contributed by atoms with Gasteiger partial charge in [-0.25, -0.2) is 31.3 Å². The summed E-state index contributed by atoms with van der Waals surface area (Å²) in [6.45, 7) is 0. The predicted octanol–water partition coefficient (Wildman–Crippen LogP) is 5.27. The van der Waals surface area contributed by atoms with Crippen LogP contribution < -0.4 is 0 Å². The molecule has 0 atom stereocenters. The molecule has 0 amide bonds. The standard InChI is InChI=1S/C17H8F6N2/c18-9-3-1-8(2-4-9)11-6-5-10(25-11)7-24-17-15(22)13(20)12(19)14(21)16(17)23/h1-7,25H. The molecule has 128 valence electrons. The van der Waals surface area contributed by atoms with Gasteiger partial charge in [0.1, 0.15) is 11.5 Å². The van der Waals surface area contributed by atoms with Crippen molar-refractivity contribution in [2.24, 2.45) is 4.99 Å². The Hall–Kier alpha value is -3.03. The molecule has 0 aliphatic carbocycles. The monoisotopic (exact) mass is 354 g/mol. The molecular formula is C17H8F6N2. The number of rotatable bonds is 3. The van der Waals surface area contributed by atoms with Gasteiger partial charge in [-0.15, -0.1) is 0 Å². The molecule has 0 bridgehead atoms. The quantitative estimate of drug-likeness (QED) is 0.287. The Kier molecular flexibility index (Phi) is 4.35. The van der Waals surface area contributed by atoms with Crippen molar-refractivity contribution in [2.45, 2.75) is 0 Å². The summed E-state index contributed by atoms with van der Waals surface area (Å²) in [7, 11) is 0. The number of H-pyrrole nitrogens is 1. The molecule has 0 saturated carbocycles. The SMILES string of the molecule is Fc1ccc(-c2ccc(C=Nc3c(F)c(F)c(F)c(F)c3F)[nH]2)cc1. The lowest BCUT2D eigenvalue weighted by molar-refractivity contribution is 0.381. The van der Waals surface area contributed by atoms with Crippen molar-refractivity contribution in [3.8, 4) is 11.3 Å². The van der Waals surface area contributed by atoms with Gasteiger partial charge in [0.25, 0.3) is 0 Å². The van der Waals surface area contributed by atoms with Crippen LogP contribution in [0, 0.1) is 34.9 Å². The molecule has 3 rings (SSSR count). The molecule has 0 spiro atoms. The number of aromatic amines is 1. The van der Waals surface area contributed by atoms with Crippen molar-refractivity contribution in [3.63, 3.8) is 0 Å². The van der Waals surface area contributed by atoms with Crippen molar-refractivity contribution in [2.75, 3.05) is 0 Å². The zero-order valence-corrected chi connectivity index (χ0v) is 12.3. The van der Waals surface area contributed by atoms with Crippen LogP contribution in [0.1, 0.15) is 5.69 Å². The number of nitrogens with one attached hydrogen (secondary N) is 1. The molecule has 0 saturated heterocycles. The highest BCUT2D eigenvalue weighted by Gasteiger charge is 2.25. The van der Waals surface area contributed by atoms with E-state index in [9.17, 15) is 26.3 Å². The molecule has 0 aliphatic heterocycles. The first kappa shape index (κ1) is 16.8. The smallest absolute Gasteiger partial charge is 0.200 e. The maximum absolute atomic E-state index is 13.5. The Morgan fingerprint density at radius 1 is 0.680 bits per heavy atom. The Labute approximate surface area is 137 Å². The molecular weight excluding hydrogens is 346 g/mol. The molecule has 1 heterocycles. The molecule has 0 unspecified atom stereocenters. The summed E-state index contributed by atoms with van der Waals surface area (Å²) >= 11 is 0. The summed E-state index contributed by atoms with van der Waals surface area (Å²) in [5.74, 6) is -10.8. The Bertz CT molecular complexity index is 931. The third-order valence-corrected chi connectivity index (χ3v) is 3.38. The van der Waals surface area contributed by atoms with Crippen LogP contribution in [0.15, 0.2) is 41.4 Å². The van der Waals surface area contributed by atoms with Crippen molar-refractivity contribution in [1.29, 1.82) is 0 Å². The summed E-state index contributed by atoms with van der Waals surface area (Å²) in [6, 6.07) is 8.58. The van der Waals surface area contributed by atoms with Gasteiger partial charge in [-0.3, -0.25) is 0 Å². The van der Waals surface area contributed by atoms with E-state index in [-0.39, 0.29) is 5.69 Å². The van der Waals surface area contributed by atoms with E-state index in [1.165, 1.54) is 30.3 Å². The minimum Gasteiger partial charge on any atom is -0.354 e. The largest absolute Gasteiger partial charge is 0.354 e. The predicted molar refractivity (Wildman–Crippen MR) is 79.7 cm³/mol. The molecule has 0 fully saturated rings. The van der Waals surface area contributed by atoms with Gasteiger partial charge in [0, 0.05) is 5.69 Å². The third kappa shape index (κ3) is 3.15. The van der Waals surface area contributed by atoms with Gasteiger partial charge in [0.2, 0.25) is 5.82 Å². The average molecular weight is 354 g/mol. The summed E-state index contributed by atoms with van der Waals surface area (Å²) < 4.78 is 79.2. The van der Waals surface area contributed by atoms with Crippen LogP contribution >= 0.6 is 0 Å². The van der Waals surface area contributed by atoms with E-state index in [1.807, 2.05) is 0 Å². The lowest BCUT2D eigenvalue weighted by atomic mass is 10.1. The zero-order chi connectivity index (χ0) is 18.1. The highest BCUT2D eigenvalue weighted by atomic mass is 19.2. The molecule has 0 aliphatic rings. The Morgan fingerprint density at radius 3 is 1.84 bits per heavy atom. The first-order valence-corrected chi connectivity index (χ1v) is 6.89. The van der Waals surface area contributed by atoms with Crippen LogP contribution in [0.2, 0.25) is 0 Å². The fourth-order valence-electron chi connectivity index (χ4n) is 2.13. The maximum Gasteiger partial charge on any atom is 0.200 e. The van der Waals surface area contributed by atoms with E-state index in [0.717, 1.165) is 6.21 Å². The summed E-state index contributed by atoms with van der Waals surface area (Å²) in [5.41, 5.74) is 0.161. The lowest BCUT2D eigenvalue weighted by Crippen LogP contribution is -2.00. The van der Waals surface area contributed by atoms with Gasteiger partial charge in [-0.1, -0.05) is 0 Å². The number of nitrogens with zero attached hydrogens (tertiary/aromatic N) is 1. The van der Waals surface area contributed by atoms with Crippen LogP contribution in [0.4, 0.5) is 32.0 Å². The topological polar surface area (TPSA) is 28.1 Å². The van der Waals surface area contributed by atoms with E-state index in [2.05, 4.69) is 9.98 Å². The maximum atomic E-state index is 13.5. The molecule has 8 heteroatoms. The number of hydrogen-bond donors (Lipinski definition) is 1. The summed E-state index contributed by atoms with van der Waals surface area (Å²) in [5, 5.41) is 0. The Morgan fingerprint density at radius 2 is 1.24 bits per heavy atom. The van der Waals surface area contributed by atoms with Crippen molar-refractivity contribution >= 4 is 11.9 Å². The third-order valence-electron chi connectivity index (χ3n) is 3.38. The van der Waals surface area contributed by atoms with Crippen molar-refractivity contribution in [1.82, 2.24) is 4.98 Å². The fraction of sp³-hybridized carbons (Fsp3) is 0. The lowest BCUT2D eigenvalue weighted by Gasteiger charge is -2.03. The molecule has 25 heavy (non-hydrogen) atoms. The summed E-state index contributed by atoms with van der Waals surface area (Å²) in [4.78, 5) is 6.17. The number of aromatic nitrogens is 1. The van der Waals surface area contributed by atoms with Gasteiger partial charge in [0.05, 0.1) is 11.9 Å². The molecule has 2 nitrogen and oxygen atoms in total. The first-order valence-electron chi connectivity index (χ1n) is 6.89. The van der Waals surface area contributed by atoms with E-state index in [4.69, 9.17) is 0 Å². The zero-order valence-electron chi connectivity index (χ0n) is 12.3. The van der Waals surface area contributed by atoms with Crippen LogP contribution in [0.3, 0.4) is 0 Å². The number of hydrogen-bond acceptors (Lipinski definition) is 1. The van der Waals surface area contributed by atoms with Crippen LogP contribution in [0.5, 0.6) is 0 Å². The van der Waals surface area contributed by atoms with E-state index in [0.29, 0.717) is 11.3 Å². The second kappa shape index (κ2) is 6.46. The minimum absolute atomic E-state index is 0.253. The van der Waals surface area contributed by atoms with Gasteiger partial charge < -0.3 is 4.98 Å².